The van der Waals surface area contributed by atoms with Crippen molar-refractivity contribution in [2.24, 2.45) is 40.5 Å². The highest BCUT2D eigenvalue weighted by Gasteiger charge is 2.43. The van der Waals surface area contributed by atoms with E-state index in [-0.39, 0.29) is 4.90 Å². The number of nitrogens with zero attached hydrogens (tertiary/aromatic N) is 2. The molecule has 192 valence electrons. The Morgan fingerprint density at radius 2 is 2.00 bits per heavy atom. The van der Waals surface area contributed by atoms with Gasteiger partial charge in [-0.15, -0.1) is 0 Å². The van der Waals surface area contributed by atoms with Crippen LogP contribution in [0.5, 0.6) is 5.88 Å². The predicted octanol–water partition coefficient (Wildman–Crippen LogP) is 5.84. The van der Waals surface area contributed by atoms with Crippen LogP contribution in [0, 0.1) is 35.5 Å². The van der Waals surface area contributed by atoms with E-state index >= 15 is 0 Å². The lowest BCUT2D eigenvalue weighted by atomic mass is 9.86. The van der Waals surface area contributed by atoms with Crippen molar-refractivity contribution in [3.8, 4) is 5.88 Å². The van der Waals surface area contributed by atoms with Crippen molar-refractivity contribution >= 4 is 15.7 Å². The lowest BCUT2D eigenvalue weighted by Crippen LogP contribution is -2.23. The zero-order valence-corrected chi connectivity index (χ0v) is 22.0. The second-order valence-electron chi connectivity index (χ2n) is 11.2. The zero-order chi connectivity index (χ0) is 24.4. The minimum Gasteiger partial charge on any atom is -0.480 e. The van der Waals surface area contributed by atoms with Gasteiger partial charge in [0.15, 0.2) is 15.7 Å². The molecule has 0 saturated heterocycles. The topological polar surface area (TPSA) is 77.9 Å². The summed E-state index contributed by atoms with van der Waals surface area (Å²) >= 11 is 0. The molecular formula is C28H40N2O4S. The van der Waals surface area contributed by atoms with Gasteiger partial charge in [-0.25, -0.2) is 18.4 Å². The summed E-state index contributed by atoms with van der Waals surface area (Å²) in [5.74, 6) is 5.72. The van der Waals surface area contributed by atoms with Gasteiger partial charge in [-0.2, -0.15) is 0 Å². The molecule has 5 unspecified atom stereocenters. The van der Waals surface area contributed by atoms with Crippen molar-refractivity contribution in [2.45, 2.75) is 76.0 Å². The standard InChI is InChI=1S/C28H40N2O4S/c1-19(28-30-26(22-10-11-22)7-4-15-34-28)20-5-3-6-21(9-8-20)25-17-23(25)14-16-33-27-13-12-24(18-29-27)35(2,31)32/h7,12-13,18-23,25H,3-6,8-11,14-17H2,1-2H3. The van der Waals surface area contributed by atoms with Crippen molar-refractivity contribution in [3.05, 3.63) is 30.1 Å². The van der Waals surface area contributed by atoms with Gasteiger partial charge in [0.05, 0.1) is 18.1 Å². The lowest BCUT2D eigenvalue weighted by molar-refractivity contribution is 0.259. The Morgan fingerprint density at radius 1 is 1.14 bits per heavy atom. The van der Waals surface area contributed by atoms with E-state index in [9.17, 15) is 8.42 Å². The third-order valence-electron chi connectivity index (χ3n) is 8.57. The SMILES string of the molecule is CC(C1=NC(C2CC2)=CCCO1)C1CCCC(C2CC2CCOc2ccc(S(C)(=O)=O)cn2)CC1. The Kier molecular flexibility index (Phi) is 7.52. The van der Waals surface area contributed by atoms with Gasteiger partial charge in [-0.3, -0.25) is 0 Å². The number of hydrogen-bond acceptors (Lipinski definition) is 6. The minimum atomic E-state index is -3.22. The molecule has 3 aliphatic carbocycles. The summed E-state index contributed by atoms with van der Waals surface area (Å²) in [7, 11) is -3.22. The van der Waals surface area contributed by atoms with Gasteiger partial charge >= 0.3 is 0 Å². The molecule has 5 rings (SSSR count). The van der Waals surface area contributed by atoms with Crippen LogP contribution in [0.3, 0.4) is 0 Å². The number of allylic oxidation sites excluding steroid dienone is 1. The second kappa shape index (κ2) is 10.6. The molecule has 0 radical (unpaired) electrons. The highest BCUT2D eigenvalue weighted by atomic mass is 32.2. The van der Waals surface area contributed by atoms with Crippen molar-refractivity contribution < 1.29 is 17.9 Å². The van der Waals surface area contributed by atoms with Crippen molar-refractivity contribution in [1.82, 2.24) is 4.98 Å². The summed E-state index contributed by atoms with van der Waals surface area (Å²) < 4.78 is 35.1. The smallest absolute Gasteiger partial charge is 0.213 e. The van der Waals surface area contributed by atoms with Crippen LogP contribution >= 0.6 is 0 Å². The first-order chi connectivity index (χ1) is 16.9. The Labute approximate surface area is 210 Å². The Bertz CT molecular complexity index is 1050. The molecule has 5 atom stereocenters. The molecule has 3 saturated carbocycles. The van der Waals surface area contributed by atoms with Crippen LogP contribution in [0.15, 0.2) is 40.0 Å². The summed E-state index contributed by atoms with van der Waals surface area (Å²) in [5.41, 5.74) is 1.29. The number of hydrogen-bond donors (Lipinski definition) is 0. The van der Waals surface area contributed by atoms with Gasteiger partial charge in [0.2, 0.25) is 5.88 Å². The molecule has 0 spiro atoms. The number of aliphatic imine (C=N–C) groups is 1. The monoisotopic (exact) mass is 500 g/mol. The zero-order valence-electron chi connectivity index (χ0n) is 21.2. The third-order valence-corrected chi connectivity index (χ3v) is 9.67. The lowest BCUT2D eigenvalue weighted by Gasteiger charge is -2.24. The van der Waals surface area contributed by atoms with Gasteiger partial charge in [0.25, 0.3) is 0 Å². The third kappa shape index (κ3) is 6.46. The van der Waals surface area contributed by atoms with Crippen LogP contribution in [0.25, 0.3) is 0 Å². The average Bonchev–Trinajstić information content (AvgIpc) is 3.72. The fourth-order valence-electron chi connectivity index (χ4n) is 6.10. The molecule has 0 aromatic carbocycles. The van der Waals surface area contributed by atoms with Gasteiger partial charge in [0.1, 0.15) is 0 Å². The molecule has 6 nitrogen and oxygen atoms in total. The Hall–Kier alpha value is -1.89. The largest absolute Gasteiger partial charge is 0.480 e. The first-order valence-corrected chi connectivity index (χ1v) is 15.5. The van der Waals surface area contributed by atoms with E-state index in [1.165, 1.54) is 69.5 Å². The fraction of sp³-hybridized carbons (Fsp3) is 0.714. The first kappa shape index (κ1) is 24.8. The van der Waals surface area contributed by atoms with Crippen LogP contribution in [0.4, 0.5) is 0 Å². The summed E-state index contributed by atoms with van der Waals surface area (Å²) in [4.78, 5) is 9.38. The van der Waals surface area contributed by atoms with Gasteiger partial charge in [-0.1, -0.05) is 25.8 Å². The van der Waals surface area contributed by atoms with Crippen molar-refractivity contribution in [2.75, 3.05) is 19.5 Å². The van der Waals surface area contributed by atoms with Crippen LogP contribution in [0.2, 0.25) is 0 Å². The normalized spacial score (nSPS) is 30.2. The molecular weight excluding hydrogens is 460 g/mol. The highest BCUT2D eigenvalue weighted by molar-refractivity contribution is 7.90. The first-order valence-electron chi connectivity index (χ1n) is 13.6. The van der Waals surface area contributed by atoms with Gasteiger partial charge in [-0.05, 0) is 74.7 Å². The molecule has 2 heterocycles. The molecule has 35 heavy (non-hydrogen) atoms. The average molecular weight is 501 g/mol. The molecule has 3 fully saturated rings. The van der Waals surface area contributed by atoms with Gasteiger partial charge in [0, 0.05) is 42.5 Å². The number of pyridine rings is 1. The molecule has 0 N–H and O–H groups in total. The maximum Gasteiger partial charge on any atom is 0.213 e. The molecule has 1 aromatic heterocycles. The van der Waals surface area contributed by atoms with E-state index < -0.39 is 9.84 Å². The maximum atomic E-state index is 11.6. The molecule has 7 heteroatoms. The molecule has 1 aliphatic heterocycles. The summed E-state index contributed by atoms with van der Waals surface area (Å²) in [5, 5.41) is 0. The molecule has 0 bridgehead atoms. The molecule has 4 aliphatic rings. The van der Waals surface area contributed by atoms with Crippen LogP contribution < -0.4 is 4.74 Å². The fourth-order valence-corrected chi connectivity index (χ4v) is 6.66. The quantitative estimate of drug-likeness (QED) is 0.398. The highest BCUT2D eigenvalue weighted by Crippen LogP contribution is 2.51. The van der Waals surface area contributed by atoms with E-state index in [1.54, 1.807) is 12.1 Å². The summed E-state index contributed by atoms with van der Waals surface area (Å²) in [6.45, 7) is 3.76. The van der Waals surface area contributed by atoms with E-state index in [0.29, 0.717) is 30.2 Å². The van der Waals surface area contributed by atoms with Gasteiger partial charge < -0.3 is 9.47 Å². The van der Waals surface area contributed by atoms with E-state index in [1.807, 2.05) is 0 Å². The van der Waals surface area contributed by atoms with Crippen molar-refractivity contribution in [1.29, 1.82) is 0 Å². The Morgan fingerprint density at radius 3 is 2.74 bits per heavy atom. The van der Waals surface area contributed by atoms with Crippen LogP contribution in [-0.2, 0) is 14.6 Å². The number of rotatable bonds is 9. The van der Waals surface area contributed by atoms with Crippen LogP contribution in [-0.4, -0.2) is 38.8 Å². The number of sulfone groups is 1. The van der Waals surface area contributed by atoms with E-state index in [2.05, 4.69) is 18.0 Å². The summed E-state index contributed by atoms with van der Waals surface area (Å²) in [6, 6.07) is 3.22. The summed E-state index contributed by atoms with van der Waals surface area (Å²) in [6.07, 6.45) is 17.4. The van der Waals surface area contributed by atoms with Crippen molar-refractivity contribution in [3.63, 3.8) is 0 Å². The second-order valence-corrected chi connectivity index (χ2v) is 13.2. The molecule has 1 aromatic rings. The van der Waals surface area contributed by atoms with E-state index in [4.69, 9.17) is 14.5 Å². The molecule has 0 amide bonds. The van der Waals surface area contributed by atoms with E-state index in [0.717, 1.165) is 43.1 Å². The number of ether oxygens (including phenoxy) is 2. The van der Waals surface area contributed by atoms with Crippen LogP contribution in [0.1, 0.15) is 71.1 Å². The predicted molar refractivity (Wildman–Crippen MR) is 137 cm³/mol. The Balaban J connectivity index is 1.06. The number of aromatic nitrogens is 1. The maximum absolute atomic E-state index is 11.6. The minimum absolute atomic E-state index is 0.227.